The van der Waals surface area contributed by atoms with Gasteiger partial charge in [0.15, 0.2) is 11.0 Å². The first kappa shape index (κ1) is 21.0. The van der Waals surface area contributed by atoms with Gasteiger partial charge in [-0.3, -0.25) is 9.36 Å². The maximum atomic E-state index is 12.3. The zero-order valence-electron chi connectivity index (χ0n) is 16.1. The van der Waals surface area contributed by atoms with Crippen LogP contribution >= 0.6 is 39.0 Å². The van der Waals surface area contributed by atoms with Crippen molar-refractivity contribution in [3.63, 3.8) is 0 Å². The number of nitrogens with one attached hydrogen (secondary N) is 1. The molecule has 3 aromatic rings. The van der Waals surface area contributed by atoms with Crippen LogP contribution in [-0.4, -0.2) is 31.4 Å². The Kier molecular flexibility index (Phi) is 6.90. The molecule has 0 saturated carbocycles. The number of thiophene rings is 1. The van der Waals surface area contributed by atoms with Gasteiger partial charge in [-0.25, -0.2) is 4.98 Å². The van der Waals surface area contributed by atoms with Crippen LogP contribution in [0.15, 0.2) is 39.4 Å². The summed E-state index contributed by atoms with van der Waals surface area (Å²) in [5.74, 6) is 1.97. The number of anilines is 1. The standard InChI is InChI=1S/C19H22BrN5OS2/c1-11(2)15-7-13(9-27-15)18-23-24-19(25(18)12(3)4)28-10-17(26)22-16-6-5-14(20)8-21-16/h5-9,11-12H,10H2,1-4H3,(H,21,22,26). The summed E-state index contributed by atoms with van der Waals surface area (Å²) in [5.41, 5.74) is 1.07. The first-order chi connectivity index (χ1) is 13.3. The number of amides is 1. The quantitative estimate of drug-likeness (QED) is 0.446. The molecule has 9 heteroatoms. The van der Waals surface area contributed by atoms with Crippen molar-refractivity contribution in [2.75, 3.05) is 11.1 Å². The highest BCUT2D eigenvalue weighted by molar-refractivity contribution is 9.10. The average molecular weight is 480 g/mol. The van der Waals surface area contributed by atoms with Crippen LogP contribution in [0.4, 0.5) is 5.82 Å². The largest absolute Gasteiger partial charge is 0.310 e. The molecule has 0 aliphatic rings. The molecular weight excluding hydrogens is 458 g/mol. The third kappa shape index (κ3) is 5.01. The van der Waals surface area contributed by atoms with E-state index in [9.17, 15) is 4.79 Å². The fourth-order valence-electron chi connectivity index (χ4n) is 2.57. The number of aromatic nitrogens is 4. The van der Waals surface area contributed by atoms with Gasteiger partial charge in [-0.15, -0.1) is 21.5 Å². The van der Waals surface area contributed by atoms with E-state index in [1.54, 1.807) is 23.6 Å². The maximum absolute atomic E-state index is 12.3. The van der Waals surface area contributed by atoms with Gasteiger partial charge in [0.25, 0.3) is 0 Å². The molecule has 1 N–H and O–H groups in total. The van der Waals surface area contributed by atoms with Crippen molar-refractivity contribution in [2.45, 2.75) is 44.8 Å². The van der Waals surface area contributed by atoms with Crippen LogP contribution in [-0.2, 0) is 4.79 Å². The van der Waals surface area contributed by atoms with Crippen LogP contribution in [0.2, 0.25) is 0 Å². The van der Waals surface area contributed by atoms with E-state index in [4.69, 9.17) is 0 Å². The first-order valence-corrected chi connectivity index (χ1v) is 11.6. The molecule has 0 atom stereocenters. The zero-order chi connectivity index (χ0) is 20.3. The second-order valence-electron chi connectivity index (χ2n) is 6.86. The molecule has 28 heavy (non-hydrogen) atoms. The Morgan fingerprint density at radius 3 is 2.68 bits per heavy atom. The van der Waals surface area contributed by atoms with Gasteiger partial charge in [0.1, 0.15) is 5.82 Å². The van der Waals surface area contributed by atoms with Crippen LogP contribution in [0, 0.1) is 0 Å². The number of halogens is 1. The number of nitrogens with zero attached hydrogens (tertiary/aromatic N) is 4. The molecule has 0 bridgehead atoms. The number of pyridine rings is 1. The van der Waals surface area contributed by atoms with E-state index in [-0.39, 0.29) is 17.7 Å². The van der Waals surface area contributed by atoms with Gasteiger partial charge >= 0.3 is 0 Å². The summed E-state index contributed by atoms with van der Waals surface area (Å²) in [5, 5.41) is 14.4. The van der Waals surface area contributed by atoms with Crippen molar-refractivity contribution < 1.29 is 4.79 Å². The molecule has 0 aromatic carbocycles. The predicted molar refractivity (Wildman–Crippen MR) is 119 cm³/mol. The van der Waals surface area contributed by atoms with Crippen molar-refractivity contribution in [1.29, 1.82) is 0 Å². The molecule has 0 radical (unpaired) electrons. The molecule has 3 heterocycles. The monoisotopic (exact) mass is 479 g/mol. The van der Waals surface area contributed by atoms with Crippen molar-refractivity contribution >= 4 is 50.8 Å². The number of carbonyl (C=O) groups excluding carboxylic acids is 1. The lowest BCUT2D eigenvalue weighted by Gasteiger charge is -2.13. The van der Waals surface area contributed by atoms with Gasteiger partial charge in [0.05, 0.1) is 5.75 Å². The lowest BCUT2D eigenvalue weighted by Crippen LogP contribution is -2.15. The third-order valence-electron chi connectivity index (χ3n) is 3.96. The van der Waals surface area contributed by atoms with Crippen LogP contribution in [0.25, 0.3) is 11.4 Å². The van der Waals surface area contributed by atoms with E-state index in [2.05, 4.69) is 80.1 Å². The Hall–Kier alpha value is -1.71. The van der Waals surface area contributed by atoms with Gasteiger partial charge < -0.3 is 5.32 Å². The molecule has 0 saturated heterocycles. The minimum atomic E-state index is -0.127. The summed E-state index contributed by atoms with van der Waals surface area (Å²) in [6.07, 6.45) is 1.65. The Bertz CT molecular complexity index is 950. The van der Waals surface area contributed by atoms with Crippen LogP contribution in [0.5, 0.6) is 0 Å². The lowest BCUT2D eigenvalue weighted by atomic mass is 10.1. The van der Waals surface area contributed by atoms with Gasteiger partial charge in [-0.2, -0.15) is 0 Å². The molecule has 0 aliphatic heterocycles. The third-order valence-corrected chi connectivity index (χ3v) is 6.60. The molecule has 148 valence electrons. The molecule has 6 nitrogen and oxygen atoms in total. The minimum absolute atomic E-state index is 0.127. The molecule has 0 aliphatic carbocycles. The van der Waals surface area contributed by atoms with Crippen molar-refractivity contribution in [3.05, 3.63) is 39.1 Å². The van der Waals surface area contributed by atoms with Crippen LogP contribution < -0.4 is 5.32 Å². The lowest BCUT2D eigenvalue weighted by molar-refractivity contribution is -0.113. The number of thioether (sulfide) groups is 1. The van der Waals surface area contributed by atoms with Gasteiger partial charge in [-0.05, 0) is 53.9 Å². The molecule has 0 fully saturated rings. The highest BCUT2D eigenvalue weighted by atomic mass is 79.9. The fourth-order valence-corrected chi connectivity index (χ4v) is 4.57. The van der Waals surface area contributed by atoms with Crippen LogP contribution in [0.1, 0.15) is 44.5 Å². The fraction of sp³-hybridized carbons (Fsp3) is 0.368. The van der Waals surface area contributed by atoms with Crippen molar-refractivity contribution in [2.24, 2.45) is 0 Å². The van der Waals surface area contributed by atoms with Gasteiger partial charge in [0, 0.05) is 32.5 Å². The Balaban J connectivity index is 1.72. The minimum Gasteiger partial charge on any atom is -0.310 e. The summed E-state index contributed by atoms with van der Waals surface area (Å²) in [4.78, 5) is 17.7. The van der Waals surface area contributed by atoms with E-state index in [0.717, 1.165) is 21.0 Å². The Morgan fingerprint density at radius 1 is 1.29 bits per heavy atom. The number of rotatable bonds is 7. The van der Waals surface area contributed by atoms with Crippen molar-refractivity contribution in [1.82, 2.24) is 19.7 Å². The van der Waals surface area contributed by atoms with E-state index in [0.29, 0.717) is 11.7 Å². The zero-order valence-corrected chi connectivity index (χ0v) is 19.4. The predicted octanol–water partition coefficient (Wildman–Crippen LogP) is 5.60. The highest BCUT2D eigenvalue weighted by Gasteiger charge is 2.19. The average Bonchev–Trinajstić information content (AvgIpc) is 3.28. The molecular formula is C19H22BrN5OS2. The summed E-state index contributed by atoms with van der Waals surface area (Å²) in [7, 11) is 0. The SMILES string of the molecule is CC(C)c1cc(-c2nnc(SCC(=O)Nc3ccc(Br)cn3)n2C(C)C)cs1. The van der Waals surface area contributed by atoms with E-state index >= 15 is 0 Å². The molecule has 0 spiro atoms. The van der Waals surface area contributed by atoms with Gasteiger partial charge in [-0.1, -0.05) is 25.6 Å². The summed E-state index contributed by atoms with van der Waals surface area (Å²) >= 11 is 6.45. The molecule has 3 rings (SSSR count). The summed E-state index contributed by atoms with van der Waals surface area (Å²) < 4.78 is 2.95. The van der Waals surface area contributed by atoms with Gasteiger partial charge in [0.2, 0.25) is 5.91 Å². The summed E-state index contributed by atoms with van der Waals surface area (Å²) in [6.45, 7) is 8.56. The molecule has 1 amide bonds. The normalized spacial score (nSPS) is 11.4. The smallest absolute Gasteiger partial charge is 0.236 e. The van der Waals surface area contributed by atoms with Crippen molar-refractivity contribution in [3.8, 4) is 11.4 Å². The number of hydrogen-bond donors (Lipinski definition) is 1. The van der Waals surface area contributed by atoms with E-state index in [1.165, 1.54) is 16.6 Å². The highest BCUT2D eigenvalue weighted by Crippen LogP contribution is 2.32. The Morgan fingerprint density at radius 2 is 2.07 bits per heavy atom. The van der Waals surface area contributed by atoms with Crippen LogP contribution in [0.3, 0.4) is 0 Å². The number of hydrogen-bond acceptors (Lipinski definition) is 6. The molecule has 0 unspecified atom stereocenters. The second kappa shape index (κ2) is 9.19. The van der Waals surface area contributed by atoms with E-state index in [1.807, 2.05) is 6.07 Å². The maximum Gasteiger partial charge on any atom is 0.236 e. The number of carbonyl (C=O) groups is 1. The first-order valence-electron chi connectivity index (χ1n) is 8.93. The summed E-state index contributed by atoms with van der Waals surface area (Å²) in [6, 6.07) is 5.96. The Labute approximate surface area is 181 Å². The topological polar surface area (TPSA) is 72.7 Å². The molecule has 3 aromatic heterocycles. The van der Waals surface area contributed by atoms with E-state index < -0.39 is 0 Å². The second-order valence-corrected chi connectivity index (χ2v) is 9.66.